The van der Waals surface area contributed by atoms with Crippen LogP contribution in [0.25, 0.3) is 0 Å². The maximum Gasteiger partial charge on any atom is 0.410 e. The van der Waals surface area contributed by atoms with Crippen molar-refractivity contribution in [2.45, 2.75) is 18.9 Å². The summed E-state index contributed by atoms with van der Waals surface area (Å²) in [4.78, 5) is 27.1. The molecule has 6 heteroatoms. The van der Waals surface area contributed by atoms with Gasteiger partial charge in [0.25, 0.3) is 5.91 Å². The van der Waals surface area contributed by atoms with Gasteiger partial charge in [-0.05, 0) is 12.8 Å². The van der Waals surface area contributed by atoms with Crippen LogP contribution in [0.4, 0.5) is 4.79 Å². The quantitative estimate of drug-likeness (QED) is 0.705. The van der Waals surface area contributed by atoms with Gasteiger partial charge in [0.1, 0.15) is 12.7 Å². The van der Waals surface area contributed by atoms with Crippen LogP contribution in [0.15, 0.2) is 12.7 Å². The summed E-state index contributed by atoms with van der Waals surface area (Å²) < 4.78 is 10.4. The van der Waals surface area contributed by atoms with Crippen molar-refractivity contribution in [1.82, 2.24) is 9.80 Å². The Morgan fingerprint density at radius 2 is 1.95 bits per heavy atom. The molecule has 2 aliphatic heterocycles. The summed E-state index contributed by atoms with van der Waals surface area (Å²) in [6, 6.07) is 0. The first kappa shape index (κ1) is 13.9. The summed E-state index contributed by atoms with van der Waals surface area (Å²) in [5.41, 5.74) is 0. The van der Waals surface area contributed by atoms with Crippen molar-refractivity contribution in [1.29, 1.82) is 0 Å². The Kier molecular flexibility index (Phi) is 4.79. The molecule has 2 aliphatic rings. The maximum atomic E-state index is 12.1. The molecule has 2 fully saturated rings. The lowest BCUT2D eigenvalue weighted by molar-refractivity contribution is -0.142. The third-order valence-electron chi connectivity index (χ3n) is 3.38. The third-order valence-corrected chi connectivity index (χ3v) is 3.38. The van der Waals surface area contributed by atoms with E-state index in [2.05, 4.69) is 6.58 Å². The standard InChI is InChI=1S/C13H20N2O4/c1-2-9-19-13(17)15-7-5-14(6-8-15)12(16)11-4-3-10-18-11/h2,11H,1,3-10H2. The lowest BCUT2D eigenvalue weighted by atomic mass is 10.2. The van der Waals surface area contributed by atoms with Gasteiger partial charge in [0.2, 0.25) is 0 Å². The average Bonchev–Trinajstić information content (AvgIpc) is 2.98. The highest BCUT2D eigenvalue weighted by molar-refractivity contribution is 5.81. The highest BCUT2D eigenvalue weighted by Crippen LogP contribution is 2.16. The van der Waals surface area contributed by atoms with Gasteiger partial charge in [0.05, 0.1) is 0 Å². The van der Waals surface area contributed by atoms with Gasteiger partial charge in [-0.25, -0.2) is 4.79 Å². The van der Waals surface area contributed by atoms with Crippen molar-refractivity contribution in [3.63, 3.8) is 0 Å². The molecule has 0 radical (unpaired) electrons. The van der Waals surface area contributed by atoms with Crippen LogP contribution in [0.5, 0.6) is 0 Å². The minimum absolute atomic E-state index is 0.0524. The lowest BCUT2D eigenvalue weighted by Crippen LogP contribution is -2.52. The fourth-order valence-electron chi connectivity index (χ4n) is 2.31. The first-order valence-corrected chi connectivity index (χ1v) is 6.65. The van der Waals surface area contributed by atoms with Crippen molar-refractivity contribution in [2.75, 3.05) is 39.4 Å². The van der Waals surface area contributed by atoms with Gasteiger partial charge in [-0.1, -0.05) is 12.7 Å². The number of nitrogens with zero attached hydrogens (tertiary/aromatic N) is 2. The van der Waals surface area contributed by atoms with Gasteiger partial charge < -0.3 is 19.3 Å². The van der Waals surface area contributed by atoms with Gasteiger partial charge in [-0.2, -0.15) is 0 Å². The van der Waals surface area contributed by atoms with E-state index in [-0.39, 0.29) is 24.7 Å². The molecular formula is C13H20N2O4. The first-order chi connectivity index (χ1) is 9.22. The molecule has 0 aromatic heterocycles. The molecule has 0 aromatic rings. The summed E-state index contributed by atoms with van der Waals surface area (Å²) in [5.74, 6) is 0.0524. The van der Waals surface area contributed by atoms with Gasteiger partial charge >= 0.3 is 6.09 Å². The van der Waals surface area contributed by atoms with Crippen LogP contribution in [-0.2, 0) is 14.3 Å². The number of hydrogen-bond acceptors (Lipinski definition) is 4. The molecule has 2 rings (SSSR count). The van der Waals surface area contributed by atoms with Crippen LogP contribution >= 0.6 is 0 Å². The highest BCUT2D eigenvalue weighted by Gasteiger charge is 2.31. The minimum atomic E-state index is -0.343. The van der Waals surface area contributed by atoms with Gasteiger partial charge in [0, 0.05) is 32.8 Å². The van der Waals surface area contributed by atoms with Crippen LogP contribution in [0, 0.1) is 0 Å². The van der Waals surface area contributed by atoms with Crippen LogP contribution in [0.3, 0.4) is 0 Å². The predicted octanol–water partition coefficient (Wildman–Crippen LogP) is 0.632. The Morgan fingerprint density at radius 3 is 2.53 bits per heavy atom. The molecule has 0 spiro atoms. The molecule has 1 unspecified atom stereocenters. The molecule has 6 nitrogen and oxygen atoms in total. The van der Waals surface area contributed by atoms with Crippen molar-refractivity contribution >= 4 is 12.0 Å². The Bertz CT molecular complexity index is 345. The number of hydrogen-bond donors (Lipinski definition) is 0. The van der Waals surface area contributed by atoms with E-state index in [9.17, 15) is 9.59 Å². The molecule has 2 heterocycles. The zero-order chi connectivity index (χ0) is 13.7. The average molecular weight is 268 g/mol. The normalized spacial score (nSPS) is 23.3. The van der Waals surface area contributed by atoms with E-state index in [1.807, 2.05) is 0 Å². The second-order valence-electron chi connectivity index (χ2n) is 4.68. The molecule has 0 bridgehead atoms. The van der Waals surface area contributed by atoms with Crippen molar-refractivity contribution in [3.05, 3.63) is 12.7 Å². The molecule has 0 aliphatic carbocycles. The molecule has 1 atom stereocenters. The van der Waals surface area contributed by atoms with E-state index in [4.69, 9.17) is 9.47 Å². The summed E-state index contributed by atoms with van der Waals surface area (Å²) >= 11 is 0. The number of amides is 2. The first-order valence-electron chi connectivity index (χ1n) is 6.65. The Morgan fingerprint density at radius 1 is 1.26 bits per heavy atom. The zero-order valence-corrected chi connectivity index (χ0v) is 11.0. The van der Waals surface area contributed by atoms with Gasteiger partial charge in [-0.3, -0.25) is 4.79 Å². The number of rotatable bonds is 3. The Balaban J connectivity index is 1.76. The highest BCUT2D eigenvalue weighted by atomic mass is 16.6. The topological polar surface area (TPSA) is 59.1 Å². The van der Waals surface area contributed by atoms with Crippen molar-refractivity contribution in [2.24, 2.45) is 0 Å². The minimum Gasteiger partial charge on any atom is -0.445 e. The SMILES string of the molecule is C=CCOC(=O)N1CCN(C(=O)C2CCCO2)CC1. The molecule has 2 amide bonds. The Labute approximate surface area is 112 Å². The smallest absolute Gasteiger partial charge is 0.410 e. The monoisotopic (exact) mass is 268 g/mol. The van der Waals surface area contributed by atoms with Crippen molar-refractivity contribution < 1.29 is 19.1 Å². The zero-order valence-electron chi connectivity index (χ0n) is 11.0. The van der Waals surface area contributed by atoms with Crippen molar-refractivity contribution in [3.8, 4) is 0 Å². The summed E-state index contributed by atoms with van der Waals surface area (Å²) in [5, 5.41) is 0. The van der Waals surface area contributed by atoms with E-state index in [0.29, 0.717) is 32.8 Å². The van der Waals surface area contributed by atoms with E-state index in [0.717, 1.165) is 12.8 Å². The summed E-state index contributed by atoms with van der Waals surface area (Å²) in [7, 11) is 0. The number of carbonyl (C=O) groups excluding carboxylic acids is 2. The van der Waals surface area contributed by atoms with Crippen LogP contribution in [0.2, 0.25) is 0 Å². The molecule has 0 aromatic carbocycles. The summed E-state index contributed by atoms with van der Waals surface area (Å²) in [6.07, 6.45) is 2.67. The lowest BCUT2D eigenvalue weighted by Gasteiger charge is -2.35. The molecule has 19 heavy (non-hydrogen) atoms. The largest absolute Gasteiger partial charge is 0.445 e. The van der Waals surface area contributed by atoms with E-state index >= 15 is 0 Å². The molecule has 2 saturated heterocycles. The molecular weight excluding hydrogens is 248 g/mol. The maximum absolute atomic E-state index is 12.1. The van der Waals surface area contributed by atoms with E-state index in [1.54, 1.807) is 9.80 Å². The third kappa shape index (κ3) is 3.47. The van der Waals surface area contributed by atoms with Crippen LogP contribution in [0.1, 0.15) is 12.8 Å². The number of carbonyl (C=O) groups is 2. The predicted molar refractivity (Wildman–Crippen MR) is 68.7 cm³/mol. The molecule has 106 valence electrons. The fraction of sp³-hybridized carbons (Fsp3) is 0.692. The second-order valence-corrected chi connectivity index (χ2v) is 4.68. The number of piperazine rings is 1. The van der Waals surface area contributed by atoms with E-state index < -0.39 is 0 Å². The second kappa shape index (κ2) is 6.56. The van der Waals surface area contributed by atoms with E-state index in [1.165, 1.54) is 6.08 Å². The van der Waals surface area contributed by atoms with Crippen LogP contribution < -0.4 is 0 Å². The van der Waals surface area contributed by atoms with Crippen LogP contribution in [-0.4, -0.2) is 67.3 Å². The van der Waals surface area contributed by atoms with Gasteiger partial charge in [0.15, 0.2) is 0 Å². The van der Waals surface area contributed by atoms with Gasteiger partial charge in [-0.15, -0.1) is 0 Å². The molecule has 0 N–H and O–H groups in total. The molecule has 0 saturated carbocycles. The summed E-state index contributed by atoms with van der Waals surface area (Å²) in [6.45, 7) is 6.49. The fourth-order valence-corrected chi connectivity index (χ4v) is 2.31. The number of ether oxygens (including phenoxy) is 2. The Hall–Kier alpha value is -1.56.